The van der Waals surface area contributed by atoms with Crippen LogP contribution in [0.2, 0.25) is 0 Å². The Morgan fingerprint density at radius 1 is 1.30 bits per heavy atom. The van der Waals surface area contributed by atoms with E-state index >= 15 is 0 Å². The van der Waals surface area contributed by atoms with Crippen molar-refractivity contribution in [1.29, 1.82) is 0 Å². The fourth-order valence-electron chi connectivity index (χ4n) is 3.58. The van der Waals surface area contributed by atoms with Gasteiger partial charge in [0.1, 0.15) is 11.4 Å². The molecule has 1 aliphatic carbocycles. The molecule has 1 spiro atoms. The lowest BCUT2D eigenvalue weighted by molar-refractivity contribution is -0.00323. The summed E-state index contributed by atoms with van der Waals surface area (Å²) in [6.07, 6.45) is 4.91. The lowest BCUT2D eigenvalue weighted by Gasteiger charge is -2.43. The lowest BCUT2D eigenvalue weighted by atomic mass is 9.71. The van der Waals surface area contributed by atoms with Crippen LogP contribution < -0.4 is 4.74 Å². The number of hydrogen-bond acceptors (Lipinski definition) is 2. The molecular weight excluding hydrogens is 316 g/mol. The highest BCUT2D eigenvalue weighted by atomic mass is 79.9. The smallest absolute Gasteiger partial charge is 0.170 e. The van der Waals surface area contributed by atoms with Gasteiger partial charge in [-0.25, -0.2) is 0 Å². The van der Waals surface area contributed by atoms with Gasteiger partial charge in [-0.2, -0.15) is 0 Å². The molecule has 1 saturated carbocycles. The van der Waals surface area contributed by atoms with Crippen molar-refractivity contribution in [2.75, 3.05) is 0 Å². The molecule has 2 aliphatic rings. The monoisotopic (exact) mass is 336 g/mol. The van der Waals surface area contributed by atoms with Crippen molar-refractivity contribution in [3.8, 4) is 5.75 Å². The molecule has 1 aromatic carbocycles. The number of Topliss-reactive ketones (excluding diaryl/α,β-unsaturated/α-hetero) is 1. The molecular formula is C17H21BrO2. The highest BCUT2D eigenvalue weighted by Crippen LogP contribution is 2.45. The molecule has 20 heavy (non-hydrogen) atoms. The van der Waals surface area contributed by atoms with Crippen molar-refractivity contribution in [2.45, 2.75) is 51.6 Å². The minimum atomic E-state index is -0.240. The van der Waals surface area contributed by atoms with E-state index in [2.05, 4.69) is 29.8 Å². The van der Waals surface area contributed by atoms with Crippen LogP contribution in [0.1, 0.15) is 56.3 Å². The first-order chi connectivity index (χ1) is 9.49. The minimum absolute atomic E-state index is 0.238. The van der Waals surface area contributed by atoms with E-state index in [9.17, 15) is 4.79 Å². The number of carbonyl (C=O) groups excluding carboxylic acids is 1. The largest absolute Gasteiger partial charge is 0.486 e. The van der Waals surface area contributed by atoms with Crippen LogP contribution in [0.25, 0.3) is 0 Å². The minimum Gasteiger partial charge on any atom is -0.486 e. The van der Waals surface area contributed by atoms with Crippen molar-refractivity contribution in [2.24, 2.45) is 11.8 Å². The van der Waals surface area contributed by atoms with E-state index in [0.717, 1.165) is 40.5 Å². The summed E-state index contributed by atoms with van der Waals surface area (Å²) >= 11 is 3.46. The maximum atomic E-state index is 12.4. The van der Waals surface area contributed by atoms with Gasteiger partial charge in [-0.15, -0.1) is 0 Å². The number of ketones is 1. The van der Waals surface area contributed by atoms with Crippen LogP contribution in [-0.4, -0.2) is 11.4 Å². The number of ether oxygens (including phenoxy) is 1. The summed E-state index contributed by atoms with van der Waals surface area (Å²) in [6.45, 7) is 4.59. The summed E-state index contributed by atoms with van der Waals surface area (Å²) in [7, 11) is 0. The fraction of sp³-hybridized carbons (Fsp3) is 0.588. The summed E-state index contributed by atoms with van der Waals surface area (Å²) in [5, 5.41) is 0. The van der Waals surface area contributed by atoms with Gasteiger partial charge in [-0.05, 0) is 55.7 Å². The Kier molecular flexibility index (Phi) is 3.65. The topological polar surface area (TPSA) is 26.3 Å². The van der Waals surface area contributed by atoms with Crippen LogP contribution in [-0.2, 0) is 0 Å². The van der Waals surface area contributed by atoms with Crippen molar-refractivity contribution >= 4 is 21.7 Å². The molecule has 0 saturated heterocycles. The van der Waals surface area contributed by atoms with E-state index in [4.69, 9.17) is 4.74 Å². The van der Waals surface area contributed by atoms with Crippen LogP contribution >= 0.6 is 15.9 Å². The molecule has 1 aliphatic heterocycles. The molecule has 0 aromatic heterocycles. The normalized spacial score (nSPS) is 29.4. The van der Waals surface area contributed by atoms with E-state index in [-0.39, 0.29) is 11.4 Å². The number of benzene rings is 1. The van der Waals surface area contributed by atoms with Crippen molar-refractivity contribution in [1.82, 2.24) is 0 Å². The summed E-state index contributed by atoms with van der Waals surface area (Å²) in [5.74, 6) is 2.51. The highest BCUT2D eigenvalue weighted by Gasteiger charge is 2.43. The predicted molar refractivity (Wildman–Crippen MR) is 83.2 cm³/mol. The van der Waals surface area contributed by atoms with Crippen LogP contribution in [0.3, 0.4) is 0 Å². The summed E-state index contributed by atoms with van der Waals surface area (Å²) in [4.78, 5) is 12.4. The Morgan fingerprint density at radius 2 is 2.00 bits per heavy atom. The number of halogens is 1. The first-order valence-corrected chi connectivity index (χ1v) is 8.30. The second-order valence-electron chi connectivity index (χ2n) is 6.61. The van der Waals surface area contributed by atoms with Gasteiger partial charge in [-0.3, -0.25) is 4.79 Å². The molecule has 0 atom stereocenters. The Balaban J connectivity index is 1.83. The van der Waals surface area contributed by atoms with Gasteiger partial charge >= 0.3 is 0 Å². The number of carbonyl (C=O) groups is 1. The van der Waals surface area contributed by atoms with E-state index in [0.29, 0.717) is 6.42 Å². The molecule has 0 radical (unpaired) electrons. The molecule has 1 heterocycles. The van der Waals surface area contributed by atoms with Gasteiger partial charge in [0.25, 0.3) is 0 Å². The van der Waals surface area contributed by atoms with Crippen LogP contribution in [0.5, 0.6) is 5.75 Å². The van der Waals surface area contributed by atoms with Gasteiger partial charge in [0, 0.05) is 4.47 Å². The Labute approximate surface area is 129 Å². The standard InChI is InChI=1S/C17H21BrO2/c1-11(2)12-5-7-17(8-6-12)10-15(19)14-4-3-13(18)9-16(14)20-17/h3-4,9,11-12H,5-8,10H2,1-2H3. The van der Waals surface area contributed by atoms with E-state index in [1.54, 1.807) is 0 Å². The van der Waals surface area contributed by atoms with Gasteiger partial charge in [0.15, 0.2) is 5.78 Å². The molecule has 3 heteroatoms. The van der Waals surface area contributed by atoms with Gasteiger partial charge in [0.05, 0.1) is 12.0 Å². The van der Waals surface area contributed by atoms with Crippen molar-refractivity contribution < 1.29 is 9.53 Å². The Bertz CT molecular complexity index is 528. The first kappa shape index (κ1) is 14.1. The number of hydrogen-bond donors (Lipinski definition) is 0. The molecule has 0 unspecified atom stereocenters. The van der Waals surface area contributed by atoms with Crippen molar-refractivity contribution in [3.63, 3.8) is 0 Å². The summed E-state index contributed by atoms with van der Waals surface area (Å²) in [5.41, 5.74) is 0.501. The Hall–Kier alpha value is -0.830. The molecule has 1 fully saturated rings. The maximum absolute atomic E-state index is 12.4. The van der Waals surface area contributed by atoms with Gasteiger partial charge < -0.3 is 4.74 Å². The second kappa shape index (κ2) is 5.18. The third kappa shape index (κ3) is 2.52. The zero-order chi connectivity index (χ0) is 14.3. The van der Waals surface area contributed by atoms with E-state index in [1.165, 1.54) is 12.8 Å². The van der Waals surface area contributed by atoms with Crippen LogP contribution in [0, 0.1) is 11.8 Å². The average Bonchev–Trinajstić information content (AvgIpc) is 2.38. The second-order valence-corrected chi connectivity index (χ2v) is 7.52. The van der Waals surface area contributed by atoms with Gasteiger partial charge in [-0.1, -0.05) is 29.8 Å². The quantitative estimate of drug-likeness (QED) is 0.721. The highest BCUT2D eigenvalue weighted by molar-refractivity contribution is 9.10. The number of fused-ring (bicyclic) bond motifs is 1. The maximum Gasteiger partial charge on any atom is 0.170 e. The van der Waals surface area contributed by atoms with Gasteiger partial charge in [0.2, 0.25) is 0 Å². The molecule has 2 nitrogen and oxygen atoms in total. The fourth-order valence-corrected chi connectivity index (χ4v) is 3.92. The molecule has 0 amide bonds. The lowest BCUT2D eigenvalue weighted by Crippen LogP contribution is -2.45. The zero-order valence-electron chi connectivity index (χ0n) is 12.1. The van der Waals surface area contributed by atoms with Crippen LogP contribution in [0.4, 0.5) is 0 Å². The number of rotatable bonds is 1. The zero-order valence-corrected chi connectivity index (χ0v) is 13.7. The predicted octanol–water partition coefficient (Wildman–Crippen LogP) is 5.00. The average molecular weight is 337 g/mol. The molecule has 1 aromatic rings. The Morgan fingerprint density at radius 3 is 2.65 bits per heavy atom. The third-order valence-electron chi connectivity index (χ3n) is 4.94. The molecule has 3 rings (SSSR count). The molecule has 0 bridgehead atoms. The van der Waals surface area contributed by atoms with E-state index < -0.39 is 0 Å². The van der Waals surface area contributed by atoms with E-state index in [1.807, 2.05) is 18.2 Å². The summed E-state index contributed by atoms with van der Waals surface area (Å²) in [6, 6.07) is 5.71. The van der Waals surface area contributed by atoms with Crippen molar-refractivity contribution in [3.05, 3.63) is 28.2 Å². The first-order valence-electron chi connectivity index (χ1n) is 7.51. The SMILES string of the molecule is CC(C)C1CCC2(CC1)CC(=O)c1ccc(Br)cc1O2. The molecule has 0 N–H and O–H groups in total. The molecule has 108 valence electrons. The summed E-state index contributed by atoms with van der Waals surface area (Å²) < 4.78 is 7.26. The van der Waals surface area contributed by atoms with Crippen LogP contribution in [0.15, 0.2) is 22.7 Å². The third-order valence-corrected chi connectivity index (χ3v) is 5.43.